The SMILES string of the molecule is CC(C)N(C)CC(=O)N1CCC(NCC2CC2)CC1.Cl.Cl. The fourth-order valence-corrected chi connectivity index (χ4v) is 2.48. The first-order valence-corrected chi connectivity index (χ1v) is 7.77. The van der Waals surface area contributed by atoms with Gasteiger partial charge in [0.1, 0.15) is 0 Å². The van der Waals surface area contributed by atoms with E-state index in [0.717, 1.165) is 31.8 Å². The number of hydrogen-bond donors (Lipinski definition) is 1. The molecule has 2 fully saturated rings. The minimum Gasteiger partial charge on any atom is -0.341 e. The number of amides is 1. The van der Waals surface area contributed by atoms with Crippen LogP contribution in [0.4, 0.5) is 0 Å². The van der Waals surface area contributed by atoms with Crippen molar-refractivity contribution in [3.05, 3.63) is 0 Å². The molecule has 0 aromatic heterocycles. The van der Waals surface area contributed by atoms with E-state index < -0.39 is 0 Å². The molecule has 2 rings (SSSR count). The van der Waals surface area contributed by atoms with Crippen molar-refractivity contribution in [2.24, 2.45) is 5.92 Å². The van der Waals surface area contributed by atoms with Gasteiger partial charge in [0.25, 0.3) is 0 Å². The number of hydrogen-bond acceptors (Lipinski definition) is 3. The van der Waals surface area contributed by atoms with Gasteiger partial charge < -0.3 is 10.2 Å². The molecule has 1 saturated heterocycles. The maximum atomic E-state index is 12.2. The third kappa shape index (κ3) is 7.18. The zero-order valence-corrected chi connectivity index (χ0v) is 15.1. The summed E-state index contributed by atoms with van der Waals surface area (Å²) in [5.41, 5.74) is 0. The summed E-state index contributed by atoms with van der Waals surface area (Å²) in [5.74, 6) is 1.23. The Balaban J connectivity index is 0.00000200. The molecule has 1 amide bonds. The van der Waals surface area contributed by atoms with Gasteiger partial charge in [-0.15, -0.1) is 24.8 Å². The second-order valence-electron chi connectivity index (χ2n) is 6.52. The van der Waals surface area contributed by atoms with E-state index in [0.29, 0.717) is 18.6 Å². The molecule has 0 atom stereocenters. The van der Waals surface area contributed by atoms with Gasteiger partial charge in [-0.25, -0.2) is 0 Å². The van der Waals surface area contributed by atoms with Crippen LogP contribution in [-0.4, -0.2) is 61.0 Å². The van der Waals surface area contributed by atoms with Crippen molar-refractivity contribution in [2.75, 3.05) is 33.2 Å². The van der Waals surface area contributed by atoms with Crippen molar-refractivity contribution in [3.8, 4) is 0 Å². The third-order valence-electron chi connectivity index (χ3n) is 4.51. The molecule has 0 aromatic carbocycles. The monoisotopic (exact) mass is 339 g/mol. The maximum Gasteiger partial charge on any atom is 0.236 e. The molecular formula is C15H31Cl2N3O. The maximum absolute atomic E-state index is 12.2. The molecule has 1 saturated carbocycles. The average molecular weight is 340 g/mol. The number of rotatable bonds is 6. The summed E-state index contributed by atoms with van der Waals surface area (Å²) >= 11 is 0. The second-order valence-corrected chi connectivity index (χ2v) is 6.52. The Morgan fingerprint density at radius 3 is 2.24 bits per heavy atom. The fraction of sp³-hybridized carbons (Fsp3) is 0.933. The lowest BCUT2D eigenvalue weighted by Gasteiger charge is -2.34. The van der Waals surface area contributed by atoms with E-state index in [1.54, 1.807) is 0 Å². The average Bonchev–Trinajstić information content (AvgIpc) is 3.20. The molecule has 126 valence electrons. The van der Waals surface area contributed by atoms with E-state index in [4.69, 9.17) is 0 Å². The normalized spacial score (nSPS) is 19.4. The molecule has 4 nitrogen and oxygen atoms in total. The molecule has 0 radical (unpaired) electrons. The number of halogens is 2. The minimum absolute atomic E-state index is 0. The molecule has 0 unspecified atom stereocenters. The Kier molecular flexibility index (Phi) is 9.87. The van der Waals surface area contributed by atoms with E-state index >= 15 is 0 Å². The Bertz CT molecular complexity index is 303. The lowest BCUT2D eigenvalue weighted by Crippen LogP contribution is -2.48. The molecule has 2 aliphatic rings. The van der Waals surface area contributed by atoms with Gasteiger partial charge in [0.05, 0.1) is 6.54 Å². The van der Waals surface area contributed by atoms with Crippen molar-refractivity contribution in [1.82, 2.24) is 15.1 Å². The Labute approximate surface area is 141 Å². The first-order chi connectivity index (χ1) is 9.06. The van der Waals surface area contributed by atoms with Gasteiger partial charge in [0, 0.05) is 25.2 Å². The molecule has 0 bridgehead atoms. The van der Waals surface area contributed by atoms with Gasteiger partial charge in [0.15, 0.2) is 0 Å². The highest BCUT2D eigenvalue weighted by Gasteiger charge is 2.26. The molecule has 6 heteroatoms. The number of carbonyl (C=O) groups excluding carboxylic acids is 1. The number of piperidine rings is 1. The van der Waals surface area contributed by atoms with E-state index in [9.17, 15) is 4.79 Å². The van der Waals surface area contributed by atoms with E-state index in [1.165, 1.54) is 19.4 Å². The zero-order chi connectivity index (χ0) is 13.8. The van der Waals surface area contributed by atoms with Crippen LogP contribution in [0.1, 0.15) is 39.5 Å². The van der Waals surface area contributed by atoms with Crippen molar-refractivity contribution in [1.29, 1.82) is 0 Å². The van der Waals surface area contributed by atoms with Crippen molar-refractivity contribution >= 4 is 30.7 Å². The number of carbonyl (C=O) groups is 1. The molecular weight excluding hydrogens is 309 g/mol. The van der Waals surface area contributed by atoms with Gasteiger partial charge in [-0.2, -0.15) is 0 Å². The first-order valence-electron chi connectivity index (χ1n) is 7.77. The third-order valence-corrected chi connectivity index (χ3v) is 4.51. The van der Waals surface area contributed by atoms with Crippen LogP contribution in [0.25, 0.3) is 0 Å². The van der Waals surface area contributed by atoms with E-state index in [2.05, 4.69) is 24.1 Å². The van der Waals surface area contributed by atoms with Crippen LogP contribution in [0.2, 0.25) is 0 Å². The summed E-state index contributed by atoms with van der Waals surface area (Å²) in [6.07, 6.45) is 5.05. The summed E-state index contributed by atoms with van der Waals surface area (Å²) in [7, 11) is 2.02. The van der Waals surface area contributed by atoms with Gasteiger partial charge in [0.2, 0.25) is 5.91 Å². The smallest absolute Gasteiger partial charge is 0.236 e. The van der Waals surface area contributed by atoms with Crippen LogP contribution >= 0.6 is 24.8 Å². The Hall–Kier alpha value is -0.0300. The van der Waals surface area contributed by atoms with Crippen LogP contribution in [0.5, 0.6) is 0 Å². The van der Waals surface area contributed by atoms with Gasteiger partial charge >= 0.3 is 0 Å². The Morgan fingerprint density at radius 2 is 1.76 bits per heavy atom. The van der Waals surface area contributed by atoms with Crippen molar-refractivity contribution in [2.45, 2.75) is 51.6 Å². The highest BCUT2D eigenvalue weighted by Crippen LogP contribution is 2.28. The van der Waals surface area contributed by atoms with Crippen LogP contribution in [0.15, 0.2) is 0 Å². The highest BCUT2D eigenvalue weighted by molar-refractivity contribution is 5.85. The standard InChI is InChI=1S/C15H29N3O.2ClH/c1-12(2)17(3)11-15(19)18-8-6-14(7-9-18)16-10-13-4-5-13;;/h12-14,16H,4-11H2,1-3H3;2*1H. The molecule has 0 aromatic rings. The summed E-state index contributed by atoms with van der Waals surface area (Å²) in [4.78, 5) is 16.3. The van der Waals surface area contributed by atoms with Crippen molar-refractivity contribution < 1.29 is 4.79 Å². The number of likely N-dealkylation sites (tertiary alicyclic amines) is 1. The number of nitrogens with zero attached hydrogens (tertiary/aromatic N) is 2. The second kappa shape index (κ2) is 9.88. The molecule has 1 aliphatic heterocycles. The molecule has 0 spiro atoms. The number of likely N-dealkylation sites (N-methyl/N-ethyl adjacent to an activating group) is 1. The molecule has 1 aliphatic carbocycles. The highest BCUT2D eigenvalue weighted by atomic mass is 35.5. The fourth-order valence-electron chi connectivity index (χ4n) is 2.48. The minimum atomic E-state index is 0. The quantitative estimate of drug-likeness (QED) is 0.805. The van der Waals surface area contributed by atoms with Crippen LogP contribution in [0, 0.1) is 5.92 Å². The molecule has 1 N–H and O–H groups in total. The topological polar surface area (TPSA) is 35.6 Å². The first kappa shape index (κ1) is 21.0. The Morgan fingerprint density at radius 1 is 1.19 bits per heavy atom. The van der Waals surface area contributed by atoms with Crippen LogP contribution in [-0.2, 0) is 4.79 Å². The lowest BCUT2D eigenvalue weighted by molar-refractivity contribution is -0.133. The van der Waals surface area contributed by atoms with Crippen molar-refractivity contribution in [3.63, 3.8) is 0 Å². The zero-order valence-electron chi connectivity index (χ0n) is 13.5. The predicted octanol–water partition coefficient (Wildman–Crippen LogP) is 2.16. The summed E-state index contributed by atoms with van der Waals surface area (Å²) in [5, 5.41) is 3.65. The van der Waals surface area contributed by atoms with Gasteiger partial charge in [-0.3, -0.25) is 9.69 Å². The summed E-state index contributed by atoms with van der Waals surface area (Å²) in [6, 6.07) is 1.06. The van der Waals surface area contributed by atoms with E-state index in [-0.39, 0.29) is 30.7 Å². The van der Waals surface area contributed by atoms with E-state index in [1.807, 2.05) is 11.9 Å². The van der Waals surface area contributed by atoms with Crippen LogP contribution in [0.3, 0.4) is 0 Å². The predicted molar refractivity (Wildman–Crippen MR) is 92.6 cm³/mol. The molecule has 1 heterocycles. The van der Waals surface area contributed by atoms with Gasteiger partial charge in [-0.05, 0) is 59.0 Å². The largest absolute Gasteiger partial charge is 0.341 e. The lowest BCUT2D eigenvalue weighted by atomic mass is 10.0. The summed E-state index contributed by atoms with van der Waals surface area (Å²) in [6.45, 7) is 7.84. The number of nitrogens with one attached hydrogen (secondary N) is 1. The summed E-state index contributed by atoms with van der Waals surface area (Å²) < 4.78 is 0. The molecule has 21 heavy (non-hydrogen) atoms. The van der Waals surface area contributed by atoms with Crippen LogP contribution < -0.4 is 5.32 Å². The van der Waals surface area contributed by atoms with Gasteiger partial charge in [-0.1, -0.05) is 0 Å².